The first kappa shape index (κ1) is 28.3. The lowest BCUT2D eigenvalue weighted by Crippen LogP contribution is -2.53. The number of carbonyl (C=O) groups excluding carboxylic acids is 2. The highest BCUT2D eigenvalue weighted by molar-refractivity contribution is 5.92. The zero-order chi connectivity index (χ0) is 28.0. The Morgan fingerprint density at radius 2 is 1.97 bits per heavy atom. The molecule has 206 valence electrons. The van der Waals surface area contributed by atoms with Gasteiger partial charge in [-0.05, 0) is 42.2 Å². The summed E-state index contributed by atoms with van der Waals surface area (Å²) < 4.78 is 5.54. The minimum Gasteiger partial charge on any atom is -0.379 e. The van der Waals surface area contributed by atoms with E-state index in [0.717, 1.165) is 41.6 Å². The summed E-state index contributed by atoms with van der Waals surface area (Å²) in [6.07, 6.45) is 7.92. The maximum absolute atomic E-state index is 14.4. The van der Waals surface area contributed by atoms with Crippen LogP contribution in [0.3, 0.4) is 0 Å². The summed E-state index contributed by atoms with van der Waals surface area (Å²) in [4.78, 5) is 45.0. The van der Waals surface area contributed by atoms with Crippen LogP contribution in [-0.2, 0) is 27.3 Å². The molecule has 2 N–H and O–H groups in total. The minimum absolute atomic E-state index is 0.0560. The third-order valence-electron chi connectivity index (χ3n) is 7.50. The highest BCUT2D eigenvalue weighted by Crippen LogP contribution is 2.40. The Bertz CT molecular complexity index is 1320. The Morgan fingerprint density at radius 1 is 1.26 bits per heavy atom. The average molecular weight is 531 g/mol. The van der Waals surface area contributed by atoms with Gasteiger partial charge in [-0.2, -0.15) is 0 Å². The molecule has 0 radical (unpaired) electrons. The molecular formula is C31H38N4O4. The summed E-state index contributed by atoms with van der Waals surface area (Å²) in [7, 11) is 0. The molecule has 1 saturated heterocycles. The molecule has 2 aliphatic rings. The predicted octanol–water partition coefficient (Wildman–Crippen LogP) is 3.40. The number of ether oxygens (including phenoxy) is 1. The van der Waals surface area contributed by atoms with Crippen LogP contribution in [0, 0.1) is 18.3 Å². The summed E-state index contributed by atoms with van der Waals surface area (Å²) in [5.41, 5.74) is 5.84. The monoisotopic (exact) mass is 530 g/mol. The van der Waals surface area contributed by atoms with Gasteiger partial charge in [-0.25, -0.2) is 5.01 Å². The second kappa shape index (κ2) is 12.4. The molecule has 4 rings (SSSR count). The zero-order valence-electron chi connectivity index (χ0n) is 23.0. The number of rotatable bonds is 8. The predicted molar refractivity (Wildman–Crippen MR) is 152 cm³/mol. The number of carbonyl (C=O) groups is 2. The zero-order valence-corrected chi connectivity index (χ0v) is 23.0. The van der Waals surface area contributed by atoms with Crippen LogP contribution in [0.5, 0.6) is 0 Å². The van der Waals surface area contributed by atoms with Gasteiger partial charge in [-0.15, -0.1) is 0 Å². The van der Waals surface area contributed by atoms with Crippen molar-refractivity contribution >= 4 is 17.4 Å². The van der Waals surface area contributed by atoms with Gasteiger partial charge in [-0.1, -0.05) is 69.0 Å². The Hall–Kier alpha value is -3.75. The molecule has 1 aliphatic heterocycles. The number of nitrogens with zero attached hydrogens (tertiary/aromatic N) is 2. The number of pyridine rings is 1. The quantitative estimate of drug-likeness (QED) is 0.403. The molecule has 0 bridgehead atoms. The molecule has 2 unspecified atom stereocenters. The third kappa shape index (κ3) is 6.64. The summed E-state index contributed by atoms with van der Waals surface area (Å²) in [5.74, 6) is -1.40. The smallest absolute Gasteiger partial charge is 0.261 e. The van der Waals surface area contributed by atoms with E-state index in [0.29, 0.717) is 31.7 Å². The molecule has 2 atom stereocenters. The van der Waals surface area contributed by atoms with Crippen molar-refractivity contribution in [2.24, 2.45) is 11.3 Å². The summed E-state index contributed by atoms with van der Waals surface area (Å²) >= 11 is 0. The van der Waals surface area contributed by atoms with E-state index in [1.165, 1.54) is 5.01 Å². The molecule has 1 aromatic heterocycles. The molecule has 1 aromatic carbocycles. The van der Waals surface area contributed by atoms with E-state index in [1.54, 1.807) is 0 Å². The lowest BCUT2D eigenvalue weighted by molar-refractivity contribution is -0.145. The van der Waals surface area contributed by atoms with Crippen LogP contribution in [0.4, 0.5) is 0 Å². The SMILES string of the molecule is C=CC(=O)NN(Cc1c(CC)cc(C)[nH]c1=O)C(=O)C1C=C(c2ccccc2)C=CC1(C)CN1CCOCC1. The average Bonchev–Trinajstić information content (AvgIpc) is 2.94. The fraction of sp³-hybridized carbons (Fsp3) is 0.387. The van der Waals surface area contributed by atoms with E-state index in [2.05, 4.69) is 41.0 Å². The number of aromatic nitrogens is 1. The number of amides is 2. The molecule has 2 heterocycles. The van der Waals surface area contributed by atoms with Crippen molar-refractivity contribution in [3.05, 3.63) is 100 Å². The fourth-order valence-electron chi connectivity index (χ4n) is 5.33. The Labute approximate surface area is 230 Å². The molecule has 8 nitrogen and oxygen atoms in total. The highest BCUT2D eigenvalue weighted by Gasteiger charge is 2.42. The Kier molecular flexibility index (Phi) is 8.99. The number of benzene rings is 1. The number of nitrogens with one attached hydrogen (secondary N) is 2. The number of morpholine rings is 1. The molecule has 2 amide bonds. The van der Waals surface area contributed by atoms with Gasteiger partial charge in [0.15, 0.2) is 0 Å². The summed E-state index contributed by atoms with van der Waals surface area (Å²) in [5, 5.41) is 1.28. The third-order valence-corrected chi connectivity index (χ3v) is 7.50. The van der Waals surface area contributed by atoms with Gasteiger partial charge in [0.05, 0.1) is 25.7 Å². The van der Waals surface area contributed by atoms with Gasteiger partial charge in [0.2, 0.25) is 5.91 Å². The first-order chi connectivity index (χ1) is 18.7. The number of H-pyrrole nitrogens is 1. The molecule has 1 fully saturated rings. The fourth-order valence-corrected chi connectivity index (χ4v) is 5.33. The van der Waals surface area contributed by atoms with Crippen molar-refractivity contribution in [3.63, 3.8) is 0 Å². The van der Waals surface area contributed by atoms with Gasteiger partial charge in [-0.3, -0.25) is 24.7 Å². The van der Waals surface area contributed by atoms with Gasteiger partial charge >= 0.3 is 0 Å². The summed E-state index contributed by atoms with van der Waals surface area (Å²) in [6.45, 7) is 12.9. The topological polar surface area (TPSA) is 94.7 Å². The van der Waals surface area contributed by atoms with Gasteiger partial charge in [0, 0.05) is 36.3 Å². The maximum Gasteiger partial charge on any atom is 0.261 e. The number of aromatic amines is 1. The molecule has 2 aromatic rings. The molecule has 0 spiro atoms. The van der Waals surface area contributed by atoms with E-state index in [4.69, 9.17) is 4.74 Å². The Morgan fingerprint density at radius 3 is 2.64 bits per heavy atom. The van der Waals surface area contributed by atoms with Crippen molar-refractivity contribution in [2.75, 3.05) is 32.8 Å². The van der Waals surface area contributed by atoms with Crippen LogP contribution >= 0.6 is 0 Å². The van der Waals surface area contributed by atoms with Crippen LogP contribution < -0.4 is 11.0 Å². The van der Waals surface area contributed by atoms with Crippen LogP contribution in [0.15, 0.2) is 72.1 Å². The van der Waals surface area contributed by atoms with Crippen LogP contribution in [0.2, 0.25) is 0 Å². The van der Waals surface area contributed by atoms with E-state index in [9.17, 15) is 14.4 Å². The molecule has 39 heavy (non-hydrogen) atoms. The number of allylic oxidation sites excluding steroid dienone is 2. The van der Waals surface area contributed by atoms with Gasteiger partial charge < -0.3 is 9.72 Å². The first-order valence-corrected chi connectivity index (χ1v) is 13.5. The number of hydrogen-bond acceptors (Lipinski definition) is 5. The van der Waals surface area contributed by atoms with Crippen molar-refractivity contribution in [1.29, 1.82) is 0 Å². The van der Waals surface area contributed by atoms with E-state index >= 15 is 0 Å². The largest absolute Gasteiger partial charge is 0.379 e. The van der Waals surface area contributed by atoms with E-state index in [1.807, 2.05) is 56.3 Å². The Balaban J connectivity index is 1.74. The second-order valence-corrected chi connectivity index (χ2v) is 10.4. The summed E-state index contributed by atoms with van der Waals surface area (Å²) in [6, 6.07) is 11.8. The van der Waals surface area contributed by atoms with Gasteiger partial charge in [0.1, 0.15) is 0 Å². The minimum atomic E-state index is -0.597. The van der Waals surface area contributed by atoms with Crippen molar-refractivity contribution in [2.45, 2.75) is 33.7 Å². The lowest BCUT2D eigenvalue weighted by Gasteiger charge is -2.42. The first-order valence-electron chi connectivity index (χ1n) is 13.5. The van der Waals surface area contributed by atoms with Gasteiger partial charge in [0.25, 0.3) is 11.5 Å². The van der Waals surface area contributed by atoms with E-state index in [-0.39, 0.29) is 18.0 Å². The number of hydrogen-bond donors (Lipinski definition) is 2. The highest BCUT2D eigenvalue weighted by atomic mass is 16.5. The van der Waals surface area contributed by atoms with Crippen LogP contribution in [0.1, 0.15) is 36.2 Å². The molecule has 8 heteroatoms. The second-order valence-electron chi connectivity index (χ2n) is 10.4. The number of aryl methyl sites for hydroxylation is 2. The maximum atomic E-state index is 14.4. The normalized spacial score (nSPS) is 21.2. The molecular weight excluding hydrogens is 492 g/mol. The molecule has 0 saturated carbocycles. The number of hydrazine groups is 1. The van der Waals surface area contributed by atoms with Crippen LogP contribution in [0.25, 0.3) is 5.57 Å². The van der Waals surface area contributed by atoms with Crippen molar-refractivity contribution in [1.82, 2.24) is 20.3 Å². The standard InChI is InChI=1S/C31H38N4O4/c1-5-23-18-22(3)32-29(37)26(23)20-35(33-28(36)6-2)30(38)27-19-25(24-10-8-7-9-11-24)12-13-31(27,4)21-34-14-16-39-17-15-34/h6-13,18-19,27H,2,5,14-17,20-21H2,1,3-4H3,(H,32,37)(H,33,36). The van der Waals surface area contributed by atoms with Crippen LogP contribution in [-0.4, -0.2) is 59.6 Å². The lowest BCUT2D eigenvalue weighted by atomic mass is 9.71. The molecule has 1 aliphatic carbocycles. The van der Waals surface area contributed by atoms with Crippen molar-refractivity contribution in [3.8, 4) is 0 Å². The van der Waals surface area contributed by atoms with E-state index < -0.39 is 17.2 Å². The van der Waals surface area contributed by atoms with Crippen molar-refractivity contribution < 1.29 is 14.3 Å².